The lowest BCUT2D eigenvalue weighted by Gasteiger charge is -2.11. The Balaban J connectivity index is 2.58. The lowest BCUT2D eigenvalue weighted by atomic mass is 10.1. The van der Waals surface area contributed by atoms with Gasteiger partial charge in [0.25, 0.3) is 0 Å². The third-order valence-electron chi connectivity index (χ3n) is 2.58. The van der Waals surface area contributed by atoms with Crippen LogP contribution < -0.4 is 5.73 Å². The number of aromatic nitrogens is 3. The molecule has 0 amide bonds. The number of nitrogens with zero attached hydrogens (tertiary/aromatic N) is 3. The molecule has 0 bridgehead atoms. The maximum Gasteiger partial charge on any atom is 0.161 e. The SMILES string of the molecule is CC(C)Cc1nnc2cccc(C(C)N)n12. The number of hydrogen-bond acceptors (Lipinski definition) is 3. The molecule has 1 atom stereocenters. The fraction of sp³-hybridized carbons (Fsp3) is 0.500. The summed E-state index contributed by atoms with van der Waals surface area (Å²) in [5, 5.41) is 8.41. The summed E-state index contributed by atoms with van der Waals surface area (Å²) < 4.78 is 2.07. The Morgan fingerprint density at radius 3 is 2.62 bits per heavy atom. The van der Waals surface area contributed by atoms with Crippen LogP contribution in [0.2, 0.25) is 0 Å². The van der Waals surface area contributed by atoms with Crippen LogP contribution in [-0.2, 0) is 6.42 Å². The molecule has 2 aromatic heterocycles. The van der Waals surface area contributed by atoms with Crippen molar-refractivity contribution in [1.82, 2.24) is 14.6 Å². The molecule has 1 unspecified atom stereocenters. The highest BCUT2D eigenvalue weighted by atomic mass is 15.3. The normalized spacial score (nSPS) is 13.6. The number of nitrogens with two attached hydrogens (primary N) is 1. The minimum absolute atomic E-state index is 0.00869. The van der Waals surface area contributed by atoms with E-state index in [1.807, 2.05) is 25.1 Å². The first-order valence-corrected chi connectivity index (χ1v) is 5.68. The molecule has 0 saturated carbocycles. The summed E-state index contributed by atoms with van der Waals surface area (Å²) >= 11 is 0. The second kappa shape index (κ2) is 4.22. The zero-order valence-corrected chi connectivity index (χ0v) is 10.0. The molecule has 2 N–H and O–H groups in total. The van der Waals surface area contributed by atoms with Crippen LogP contribution in [-0.4, -0.2) is 14.6 Å². The molecular weight excluding hydrogens is 200 g/mol. The van der Waals surface area contributed by atoms with E-state index in [9.17, 15) is 0 Å². The van der Waals surface area contributed by atoms with Crippen molar-refractivity contribution >= 4 is 5.65 Å². The Hall–Kier alpha value is -1.42. The molecule has 2 aromatic rings. The molecule has 2 rings (SSSR count). The van der Waals surface area contributed by atoms with Crippen LogP contribution >= 0.6 is 0 Å². The van der Waals surface area contributed by atoms with Crippen LogP contribution in [0.5, 0.6) is 0 Å². The summed E-state index contributed by atoms with van der Waals surface area (Å²) in [4.78, 5) is 0. The lowest BCUT2D eigenvalue weighted by molar-refractivity contribution is 0.608. The van der Waals surface area contributed by atoms with Gasteiger partial charge in [0.1, 0.15) is 5.82 Å². The van der Waals surface area contributed by atoms with Crippen molar-refractivity contribution in [3.63, 3.8) is 0 Å². The van der Waals surface area contributed by atoms with Crippen LogP contribution in [0.3, 0.4) is 0 Å². The monoisotopic (exact) mass is 218 g/mol. The predicted octanol–water partition coefficient (Wildman–Crippen LogP) is 1.95. The molecule has 0 aliphatic carbocycles. The van der Waals surface area contributed by atoms with Gasteiger partial charge in [-0.05, 0) is 25.0 Å². The van der Waals surface area contributed by atoms with E-state index >= 15 is 0 Å². The highest BCUT2D eigenvalue weighted by molar-refractivity contribution is 5.40. The van der Waals surface area contributed by atoms with Crippen molar-refractivity contribution in [2.45, 2.75) is 33.2 Å². The third kappa shape index (κ3) is 1.93. The second-order valence-corrected chi connectivity index (χ2v) is 4.65. The van der Waals surface area contributed by atoms with E-state index < -0.39 is 0 Å². The zero-order chi connectivity index (χ0) is 11.7. The van der Waals surface area contributed by atoms with E-state index in [1.54, 1.807) is 0 Å². The Kier molecular flexibility index (Phi) is 2.92. The molecular formula is C12H18N4. The minimum atomic E-state index is -0.00869. The van der Waals surface area contributed by atoms with Gasteiger partial charge in [0.05, 0.1) is 0 Å². The zero-order valence-electron chi connectivity index (χ0n) is 10.0. The van der Waals surface area contributed by atoms with Crippen LogP contribution in [0.1, 0.15) is 38.3 Å². The first-order valence-electron chi connectivity index (χ1n) is 5.68. The number of fused-ring (bicyclic) bond motifs is 1. The first-order chi connectivity index (χ1) is 7.59. The van der Waals surface area contributed by atoms with Gasteiger partial charge in [0.15, 0.2) is 5.65 Å². The van der Waals surface area contributed by atoms with Crippen molar-refractivity contribution in [3.05, 3.63) is 29.7 Å². The van der Waals surface area contributed by atoms with Gasteiger partial charge in [0.2, 0.25) is 0 Å². The standard InChI is InChI=1S/C12H18N4/c1-8(2)7-12-15-14-11-6-4-5-10(9(3)13)16(11)12/h4-6,8-9H,7,13H2,1-3H3. The van der Waals surface area contributed by atoms with Crippen LogP contribution in [0.4, 0.5) is 0 Å². The van der Waals surface area contributed by atoms with Gasteiger partial charge in [-0.2, -0.15) is 0 Å². The Bertz CT molecular complexity index is 485. The summed E-state index contributed by atoms with van der Waals surface area (Å²) in [5.41, 5.74) is 7.91. The summed E-state index contributed by atoms with van der Waals surface area (Å²) in [6.45, 7) is 6.33. The molecule has 0 aliphatic heterocycles. The van der Waals surface area contributed by atoms with E-state index in [0.29, 0.717) is 5.92 Å². The van der Waals surface area contributed by atoms with E-state index in [0.717, 1.165) is 23.6 Å². The third-order valence-corrected chi connectivity index (χ3v) is 2.58. The van der Waals surface area contributed by atoms with Gasteiger partial charge in [-0.3, -0.25) is 4.40 Å². The summed E-state index contributed by atoms with van der Waals surface area (Å²) in [5.74, 6) is 1.56. The largest absolute Gasteiger partial charge is 0.323 e. The van der Waals surface area contributed by atoms with Crippen molar-refractivity contribution in [2.24, 2.45) is 11.7 Å². The molecule has 86 valence electrons. The molecule has 16 heavy (non-hydrogen) atoms. The average molecular weight is 218 g/mol. The summed E-state index contributed by atoms with van der Waals surface area (Å²) in [6, 6.07) is 5.96. The summed E-state index contributed by atoms with van der Waals surface area (Å²) in [6.07, 6.45) is 0.922. The maximum atomic E-state index is 5.96. The Morgan fingerprint density at radius 2 is 2.00 bits per heavy atom. The van der Waals surface area contributed by atoms with Gasteiger partial charge >= 0.3 is 0 Å². The van der Waals surface area contributed by atoms with Gasteiger partial charge < -0.3 is 5.73 Å². The smallest absolute Gasteiger partial charge is 0.161 e. The van der Waals surface area contributed by atoms with Gasteiger partial charge in [0, 0.05) is 18.2 Å². The highest BCUT2D eigenvalue weighted by Gasteiger charge is 2.12. The first kappa shape index (κ1) is 11.1. The van der Waals surface area contributed by atoms with Crippen molar-refractivity contribution in [2.75, 3.05) is 0 Å². The van der Waals surface area contributed by atoms with Crippen LogP contribution in [0, 0.1) is 5.92 Å². The van der Waals surface area contributed by atoms with Gasteiger partial charge in [-0.1, -0.05) is 19.9 Å². The molecule has 0 spiro atoms. The van der Waals surface area contributed by atoms with Gasteiger partial charge in [-0.15, -0.1) is 10.2 Å². The molecule has 4 nitrogen and oxygen atoms in total. The topological polar surface area (TPSA) is 56.2 Å². The molecule has 4 heteroatoms. The number of rotatable bonds is 3. The number of pyridine rings is 1. The molecule has 0 aliphatic rings. The minimum Gasteiger partial charge on any atom is -0.323 e. The average Bonchev–Trinajstić information content (AvgIpc) is 2.60. The fourth-order valence-electron chi connectivity index (χ4n) is 1.88. The molecule has 0 fully saturated rings. The van der Waals surface area contributed by atoms with Crippen molar-refractivity contribution < 1.29 is 0 Å². The van der Waals surface area contributed by atoms with Crippen molar-refractivity contribution in [3.8, 4) is 0 Å². The van der Waals surface area contributed by atoms with E-state index in [1.165, 1.54) is 0 Å². The summed E-state index contributed by atoms with van der Waals surface area (Å²) in [7, 11) is 0. The van der Waals surface area contributed by atoms with Gasteiger partial charge in [-0.25, -0.2) is 0 Å². The van der Waals surface area contributed by atoms with Crippen LogP contribution in [0.15, 0.2) is 18.2 Å². The molecule has 0 radical (unpaired) electrons. The van der Waals surface area contributed by atoms with E-state index in [-0.39, 0.29) is 6.04 Å². The quantitative estimate of drug-likeness (QED) is 0.856. The Labute approximate surface area is 95.5 Å². The Morgan fingerprint density at radius 1 is 1.25 bits per heavy atom. The predicted molar refractivity (Wildman–Crippen MR) is 64.1 cm³/mol. The highest BCUT2D eigenvalue weighted by Crippen LogP contribution is 2.16. The number of hydrogen-bond donors (Lipinski definition) is 1. The van der Waals surface area contributed by atoms with Crippen LogP contribution in [0.25, 0.3) is 5.65 Å². The molecule has 2 heterocycles. The van der Waals surface area contributed by atoms with E-state index in [2.05, 4.69) is 28.4 Å². The lowest BCUT2D eigenvalue weighted by Crippen LogP contribution is -2.12. The maximum absolute atomic E-state index is 5.96. The van der Waals surface area contributed by atoms with E-state index in [4.69, 9.17) is 5.73 Å². The second-order valence-electron chi connectivity index (χ2n) is 4.65. The van der Waals surface area contributed by atoms with Crippen molar-refractivity contribution in [1.29, 1.82) is 0 Å². The fourth-order valence-corrected chi connectivity index (χ4v) is 1.88. The molecule has 0 saturated heterocycles. The molecule has 0 aromatic carbocycles.